The van der Waals surface area contributed by atoms with Crippen molar-refractivity contribution in [1.29, 1.82) is 0 Å². The van der Waals surface area contributed by atoms with Crippen molar-refractivity contribution in [2.75, 3.05) is 13.1 Å². The average molecular weight is 185 g/mol. The molecule has 1 aliphatic heterocycles. The molecule has 0 aliphatic carbocycles. The van der Waals surface area contributed by atoms with Crippen LogP contribution in [0.2, 0.25) is 0 Å². The van der Waals surface area contributed by atoms with Crippen LogP contribution in [0.25, 0.3) is 0 Å². The molecule has 2 heteroatoms. The molecular formula is C11H23NO. The highest BCUT2D eigenvalue weighted by atomic mass is 16.3. The molecule has 2 nitrogen and oxygen atoms in total. The van der Waals surface area contributed by atoms with Crippen molar-refractivity contribution >= 4 is 0 Å². The van der Waals surface area contributed by atoms with Crippen LogP contribution < -0.4 is 0 Å². The molecule has 1 rings (SSSR count). The van der Waals surface area contributed by atoms with Gasteiger partial charge in [0, 0.05) is 19.1 Å². The van der Waals surface area contributed by atoms with Crippen LogP contribution in [0.1, 0.15) is 34.1 Å². The Kier molecular flexibility index (Phi) is 3.74. The fraction of sp³-hybridized carbons (Fsp3) is 1.00. The molecule has 0 aromatic rings. The van der Waals surface area contributed by atoms with E-state index in [1.807, 2.05) is 0 Å². The van der Waals surface area contributed by atoms with E-state index >= 15 is 0 Å². The molecule has 78 valence electrons. The Morgan fingerprint density at radius 2 is 1.85 bits per heavy atom. The molecule has 0 amide bonds. The van der Waals surface area contributed by atoms with Crippen molar-refractivity contribution in [1.82, 2.24) is 4.90 Å². The second-order valence-corrected chi connectivity index (χ2v) is 5.00. The molecule has 1 saturated heterocycles. The van der Waals surface area contributed by atoms with E-state index in [2.05, 4.69) is 32.6 Å². The van der Waals surface area contributed by atoms with Gasteiger partial charge >= 0.3 is 0 Å². The van der Waals surface area contributed by atoms with E-state index in [9.17, 15) is 5.11 Å². The minimum Gasteiger partial charge on any atom is -0.391 e. The van der Waals surface area contributed by atoms with Crippen LogP contribution >= 0.6 is 0 Å². The third-order valence-corrected chi connectivity index (χ3v) is 2.94. The van der Waals surface area contributed by atoms with Gasteiger partial charge in [-0.3, -0.25) is 4.90 Å². The van der Waals surface area contributed by atoms with E-state index in [1.54, 1.807) is 0 Å². The van der Waals surface area contributed by atoms with Crippen molar-refractivity contribution in [3.63, 3.8) is 0 Å². The Bertz CT molecular complexity index is 156. The Labute approximate surface area is 81.9 Å². The average Bonchev–Trinajstić information content (AvgIpc) is 2.31. The van der Waals surface area contributed by atoms with E-state index in [0.29, 0.717) is 17.9 Å². The number of aliphatic hydroxyl groups excluding tert-OH is 1. The molecular weight excluding hydrogens is 162 g/mol. The van der Waals surface area contributed by atoms with Gasteiger partial charge in [0.15, 0.2) is 0 Å². The third kappa shape index (κ3) is 2.96. The molecule has 13 heavy (non-hydrogen) atoms. The quantitative estimate of drug-likeness (QED) is 0.724. The van der Waals surface area contributed by atoms with Gasteiger partial charge in [-0.1, -0.05) is 13.8 Å². The number of β-amino-alcohol motifs (C(OH)–C–C–N with tert-alkyl or cyclic N) is 1. The monoisotopic (exact) mass is 185 g/mol. The summed E-state index contributed by atoms with van der Waals surface area (Å²) in [5, 5.41) is 9.82. The zero-order valence-electron chi connectivity index (χ0n) is 9.33. The summed E-state index contributed by atoms with van der Waals surface area (Å²) in [6, 6.07) is 0.576. The summed E-state index contributed by atoms with van der Waals surface area (Å²) in [6.07, 6.45) is 1.06. The smallest absolute Gasteiger partial charge is 0.0707 e. The van der Waals surface area contributed by atoms with E-state index in [0.717, 1.165) is 19.5 Å². The van der Waals surface area contributed by atoms with Gasteiger partial charge in [-0.15, -0.1) is 0 Å². The van der Waals surface area contributed by atoms with Crippen LogP contribution in [0.5, 0.6) is 0 Å². The first-order valence-corrected chi connectivity index (χ1v) is 5.42. The van der Waals surface area contributed by atoms with E-state index in [-0.39, 0.29) is 6.10 Å². The fourth-order valence-corrected chi connectivity index (χ4v) is 2.15. The number of nitrogens with zero attached hydrogens (tertiary/aromatic N) is 1. The van der Waals surface area contributed by atoms with Crippen molar-refractivity contribution in [3.05, 3.63) is 0 Å². The van der Waals surface area contributed by atoms with Gasteiger partial charge in [0.05, 0.1) is 6.10 Å². The summed E-state index contributed by atoms with van der Waals surface area (Å²) in [5.41, 5.74) is 0. The van der Waals surface area contributed by atoms with E-state index < -0.39 is 0 Å². The summed E-state index contributed by atoms with van der Waals surface area (Å²) < 4.78 is 0. The number of rotatable bonds is 3. The highest BCUT2D eigenvalue weighted by Crippen LogP contribution is 2.24. The molecule has 0 saturated carbocycles. The first-order chi connectivity index (χ1) is 6.00. The first kappa shape index (κ1) is 11.0. The van der Waals surface area contributed by atoms with Crippen LogP contribution in [0.4, 0.5) is 0 Å². The Morgan fingerprint density at radius 1 is 1.23 bits per heavy atom. The van der Waals surface area contributed by atoms with Crippen LogP contribution in [0.15, 0.2) is 0 Å². The summed E-state index contributed by atoms with van der Waals surface area (Å²) in [7, 11) is 0. The van der Waals surface area contributed by atoms with Gasteiger partial charge in [0.25, 0.3) is 0 Å². The molecule has 0 unspecified atom stereocenters. The van der Waals surface area contributed by atoms with Gasteiger partial charge in [-0.05, 0) is 32.1 Å². The first-order valence-electron chi connectivity index (χ1n) is 5.42. The minimum atomic E-state index is -0.0928. The predicted octanol–water partition coefficient (Wildman–Crippen LogP) is 1.73. The highest BCUT2D eigenvalue weighted by Gasteiger charge is 2.32. The second-order valence-electron chi connectivity index (χ2n) is 5.00. The summed E-state index contributed by atoms with van der Waals surface area (Å²) in [5.74, 6) is 1.20. The maximum atomic E-state index is 9.82. The Morgan fingerprint density at radius 3 is 2.23 bits per heavy atom. The SMILES string of the molecule is CC(C)C[C@@H]1CN(C(C)C)C[C@H]1O. The van der Waals surface area contributed by atoms with Crippen molar-refractivity contribution < 1.29 is 5.11 Å². The number of likely N-dealkylation sites (tertiary alicyclic amines) is 1. The van der Waals surface area contributed by atoms with Crippen LogP contribution in [-0.2, 0) is 0 Å². The molecule has 1 N–H and O–H groups in total. The van der Waals surface area contributed by atoms with E-state index in [4.69, 9.17) is 0 Å². The third-order valence-electron chi connectivity index (χ3n) is 2.94. The van der Waals surface area contributed by atoms with Crippen molar-refractivity contribution in [2.24, 2.45) is 11.8 Å². The van der Waals surface area contributed by atoms with E-state index in [1.165, 1.54) is 0 Å². The van der Waals surface area contributed by atoms with Gasteiger partial charge in [0.1, 0.15) is 0 Å². The predicted molar refractivity (Wildman–Crippen MR) is 55.7 cm³/mol. The van der Waals surface area contributed by atoms with Gasteiger partial charge in [-0.2, -0.15) is 0 Å². The standard InChI is InChI=1S/C11H23NO/c1-8(2)5-10-6-12(9(3)4)7-11(10)13/h8-11,13H,5-7H2,1-4H3/t10-,11-/m1/s1. The Balaban J connectivity index is 2.42. The highest BCUT2D eigenvalue weighted by molar-refractivity contribution is 4.85. The van der Waals surface area contributed by atoms with Gasteiger partial charge in [-0.25, -0.2) is 0 Å². The lowest BCUT2D eigenvalue weighted by Crippen LogP contribution is -2.29. The lowest BCUT2D eigenvalue weighted by atomic mass is 9.95. The lowest BCUT2D eigenvalue weighted by molar-refractivity contribution is 0.129. The molecule has 0 spiro atoms. The number of hydrogen-bond donors (Lipinski definition) is 1. The molecule has 1 heterocycles. The van der Waals surface area contributed by atoms with Crippen molar-refractivity contribution in [3.8, 4) is 0 Å². The molecule has 0 radical (unpaired) electrons. The largest absolute Gasteiger partial charge is 0.391 e. The normalized spacial score (nSPS) is 30.7. The van der Waals surface area contributed by atoms with Gasteiger partial charge < -0.3 is 5.11 Å². The summed E-state index contributed by atoms with van der Waals surface area (Å²) in [6.45, 7) is 10.8. The van der Waals surface area contributed by atoms with Crippen LogP contribution in [0.3, 0.4) is 0 Å². The maximum absolute atomic E-state index is 9.82. The molecule has 0 aromatic carbocycles. The molecule has 1 aliphatic rings. The number of aliphatic hydroxyl groups is 1. The van der Waals surface area contributed by atoms with Gasteiger partial charge in [0.2, 0.25) is 0 Å². The fourth-order valence-electron chi connectivity index (χ4n) is 2.15. The van der Waals surface area contributed by atoms with Crippen LogP contribution in [-0.4, -0.2) is 35.2 Å². The maximum Gasteiger partial charge on any atom is 0.0707 e. The number of hydrogen-bond acceptors (Lipinski definition) is 2. The molecule has 0 aromatic heterocycles. The van der Waals surface area contributed by atoms with Crippen LogP contribution in [0, 0.1) is 11.8 Å². The summed E-state index contributed by atoms with van der Waals surface area (Å²) in [4.78, 5) is 2.37. The topological polar surface area (TPSA) is 23.5 Å². The molecule has 0 bridgehead atoms. The zero-order chi connectivity index (χ0) is 10.0. The summed E-state index contributed by atoms with van der Waals surface area (Å²) >= 11 is 0. The Hall–Kier alpha value is -0.0800. The zero-order valence-corrected chi connectivity index (χ0v) is 9.33. The minimum absolute atomic E-state index is 0.0928. The lowest BCUT2D eigenvalue weighted by Gasteiger charge is -2.20. The second kappa shape index (κ2) is 4.43. The molecule has 1 fully saturated rings. The van der Waals surface area contributed by atoms with Crippen molar-refractivity contribution in [2.45, 2.75) is 46.3 Å². The molecule has 2 atom stereocenters.